The number of methoxy groups -OCH3 is 2. The molecule has 11 nitrogen and oxygen atoms in total. The van der Waals surface area contributed by atoms with E-state index in [1.807, 2.05) is 36.4 Å². The van der Waals surface area contributed by atoms with Gasteiger partial charge in [0.05, 0.1) is 32.9 Å². The molecule has 13 heteroatoms. The molecule has 1 atom stereocenters. The van der Waals surface area contributed by atoms with Crippen molar-refractivity contribution in [3.8, 4) is 11.5 Å². The van der Waals surface area contributed by atoms with Gasteiger partial charge in [-0.25, -0.2) is 4.98 Å². The Morgan fingerprint density at radius 1 is 0.865 bits per heavy atom. The quantitative estimate of drug-likeness (QED) is 0.0580. The molecule has 0 aliphatic heterocycles. The van der Waals surface area contributed by atoms with Crippen molar-refractivity contribution in [2.45, 2.75) is 23.5 Å². The van der Waals surface area contributed by atoms with Crippen molar-refractivity contribution < 1.29 is 33.4 Å². The Bertz CT molecular complexity index is 2050. The number of amides is 3. The summed E-state index contributed by atoms with van der Waals surface area (Å²) in [6.45, 7) is 2.01. The first-order valence-electron chi connectivity index (χ1n) is 16.1. The molecule has 0 spiro atoms. The van der Waals surface area contributed by atoms with Crippen LogP contribution in [0.15, 0.2) is 119 Å². The highest BCUT2D eigenvalue weighted by Gasteiger charge is 2.24. The average molecular weight is 737 g/mol. The summed E-state index contributed by atoms with van der Waals surface area (Å²) in [6, 6.07) is 30.0. The minimum atomic E-state index is -0.689. The van der Waals surface area contributed by atoms with Crippen molar-refractivity contribution in [1.29, 1.82) is 0 Å². The van der Waals surface area contributed by atoms with Gasteiger partial charge in [0.15, 0.2) is 5.13 Å². The van der Waals surface area contributed by atoms with Crippen molar-refractivity contribution >= 4 is 63.7 Å². The number of nitrogens with one attached hydrogen (secondary N) is 3. The van der Waals surface area contributed by atoms with Gasteiger partial charge < -0.3 is 30.2 Å². The third-order valence-electron chi connectivity index (χ3n) is 7.36. The lowest BCUT2D eigenvalue weighted by molar-refractivity contribution is -0.142. The molecule has 5 rings (SSSR count). The first-order valence-corrected chi connectivity index (χ1v) is 17.9. The van der Waals surface area contributed by atoms with Crippen LogP contribution in [-0.4, -0.2) is 49.5 Å². The Morgan fingerprint density at radius 3 is 2.33 bits per heavy atom. The largest absolute Gasteiger partial charge is 0.497 e. The van der Waals surface area contributed by atoms with Crippen LogP contribution in [0.3, 0.4) is 0 Å². The van der Waals surface area contributed by atoms with Crippen molar-refractivity contribution in [1.82, 2.24) is 10.3 Å². The highest BCUT2D eigenvalue weighted by Crippen LogP contribution is 2.37. The highest BCUT2D eigenvalue weighted by molar-refractivity contribution is 8.00. The molecule has 0 radical (unpaired) electrons. The van der Waals surface area contributed by atoms with E-state index in [1.165, 1.54) is 43.4 Å². The van der Waals surface area contributed by atoms with E-state index in [9.17, 15) is 19.2 Å². The zero-order valence-corrected chi connectivity index (χ0v) is 30.2. The van der Waals surface area contributed by atoms with Gasteiger partial charge in [0.2, 0.25) is 5.91 Å². The predicted octanol–water partition coefficient (Wildman–Crippen LogP) is 7.15. The molecule has 0 saturated heterocycles. The smallest absolute Gasteiger partial charge is 0.311 e. The number of ether oxygens (including phenoxy) is 3. The molecule has 1 heterocycles. The summed E-state index contributed by atoms with van der Waals surface area (Å²) in [7, 11) is 3.04. The fraction of sp³-hybridized carbons (Fsp3) is 0.154. The lowest BCUT2D eigenvalue weighted by atomic mass is 10.1. The van der Waals surface area contributed by atoms with Crippen LogP contribution < -0.4 is 25.4 Å². The number of thioether (sulfide) groups is 1. The second-order valence-corrected chi connectivity index (χ2v) is 13.0. The number of hydrogen-bond donors (Lipinski definition) is 3. The third-order valence-corrected chi connectivity index (χ3v) is 9.42. The number of nitrogens with zero attached hydrogens (tertiary/aromatic N) is 1. The standard InChI is InChI=1S/C39H36N4O7S2/c1-4-50-34(44)23-29-24-51-39(41-29)43-38(47)35(25-12-7-5-8-13-25)52-31-17-11-16-28(22-31)40-37(46)32(42-36(45)26-14-9-6-10-15-26)21-27-20-30(48-2)18-19-33(27)49-3/h5-22,24,35H,4,23H2,1-3H3,(H,40,46)(H,42,45)(H,41,43,47)/b32-21+. The van der Waals surface area contributed by atoms with Crippen LogP contribution in [0.25, 0.3) is 6.08 Å². The number of aromatic nitrogens is 1. The van der Waals surface area contributed by atoms with Gasteiger partial charge in [-0.3, -0.25) is 19.2 Å². The molecule has 1 unspecified atom stereocenters. The van der Waals surface area contributed by atoms with Gasteiger partial charge in [-0.2, -0.15) is 0 Å². The number of benzene rings is 4. The Morgan fingerprint density at radius 2 is 1.62 bits per heavy atom. The van der Waals surface area contributed by atoms with E-state index in [4.69, 9.17) is 14.2 Å². The Kier molecular flexibility index (Phi) is 13.2. The number of carbonyl (C=O) groups is 4. The number of anilines is 2. The van der Waals surface area contributed by atoms with E-state index < -0.39 is 23.0 Å². The van der Waals surface area contributed by atoms with Crippen LogP contribution >= 0.6 is 23.1 Å². The summed E-state index contributed by atoms with van der Waals surface area (Å²) in [5.41, 5.74) is 2.53. The van der Waals surface area contributed by atoms with E-state index in [2.05, 4.69) is 20.9 Å². The molecule has 3 amide bonds. The zero-order chi connectivity index (χ0) is 36.9. The van der Waals surface area contributed by atoms with Gasteiger partial charge in [0.25, 0.3) is 11.8 Å². The van der Waals surface area contributed by atoms with Crippen LogP contribution in [0.4, 0.5) is 10.8 Å². The molecule has 3 N–H and O–H groups in total. The summed E-state index contributed by atoms with van der Waals surface area (Å²) in [4.78, 5) is 57.7. The fourth-order valence-corrected chi connectivity index (χ4v) is 6.71. The van der Waals surface area contributed by atoms with Crippen LogP contribution in [0, 0.1) is 0 Å². The molecular weight excluding hydrogens is 701 g/mol. The molecule has 0 saturated carbocycles. The fourth-order valence-electron chi connectivity index (χ4n) is 4.91. The Labute approximate surface area is 309 Å². The molecule has 4 aromatic carbocycles. The van der Waals surface area contributed by atoms with Gasteiger partial charge in [-0.15, -0.1) is 23.1 Å². The van der Waals surface area contributed by atoms with Crippen molar-refractivity contribution in [3.05, 3.63) is 137 Å². The normalized spacial score (nSPS) is 11.6. The predicted molar refractivity (Wildman–Crippen MR) is 203 cm³/mol. The van der Waals surface area contributed by atoms with Crippen LogP contribution in [-0.2, 0) is 25.5 Å². The van der Waals surface area contributed by atoms with Crippen molar-refractivity contribution in [2.24, 2.45) is 0 Å². The second kappa shape index (κ2) is 18.4. The molecule has 1 aromatic heterocycles. The molecule has 0 bridgehead atoms. The molecule has 52 heavy (non-hydrogen) atoms. The molecule has 0 aliphatic carbocycles. The van der Waals surface area contributed by atoms with E-state index in [1.54, 1.807) is 79.0 Å². The summed E-state index contributed by atoms with van der Waals surface area (Å²) < 4.78 is 15.9. The SMILES string of the molecule is CCOC(=O)Cc1csc(NC(=O)C(Sc2cccc(NC(=O)/C(=C\c3cc(OC)ccc3OC)NC(=O)c3ccccc3)c2)c2ccccc2)n1. The second-order valence-electron chi connectivity index (χ2n) is 11.0. The monoisotopic (exact) mass is 736 g/mol. The molecule has 0 aliphatic rings. The number of rotatable bonds is 15. The minimum Gasteiger partial charge on any atom is -0.497 e. The lowest BCUT2D eigenvalue weighted by Gasteiger charge is -2.17. The first kappa shape index (κ1) is 37.3. The van der Waals surface area contributed by atoms with Crippen molar-refractivity contribution in [3.63, 3.8) is 0 Å². The maximum atomic E-state index is 13.8. The number of carbonyl (C=O) groups excluding carboxylic acids is 4. The number of esters is 1. The van der Waals surface area contributed by atoms with E-state index in [0.29, 0.717) is 44.0 Å². The number of hydrogen-bond acceptors (Lipinski definition) is 10. The van der Waals surface area contributed by atoms with E-state index in [0.717, 1.165) is 5.56 Å². The maximum Gasteiger partial charge on any atom is 0.311 e. The topological polar surface area (TPSA) is 145 Å². The summed E-state index contributed by atoms with van der Waals surface area (Å²) >= 11 is 2.51. The highest BCUT2D eigenvalue weighted by atomic mass is 32.2. The summed E-state index contributed by atoms with van der Waals surface area (Å²) in [5.74, 6) is -0.763. The van der Waals surface area contributed by atoms with Crippen LogP contribution in [0.5, 0.6) is 11.5 Å². The van der Waals surface area contributed by atoms with Gasteiger partial charge in [0.1, 0.15) is 22.4 Å². The van der Waals surface area contributed by atoms with Gasteiger partial charge in [-0.1, -0.05) is 54.6 Å². The van der Waals surface area contributed by atoms with E-state index >= 15 is 0 Å². The Hall–Kier alpha value is -5.92. The molecular formula is C39H36N4O7S2. The Balaban J connectivity index is 1.38. The number of thiazole rings is 1. The molecule has 5 aromatic rings. The minimum absolute atomic E-state index is 0.00944. The first-order chi connectivity index (χ1) is 25.3. The van der Waals surface area contributed by atoms with Crippen molar-refractivity contribution in [2.75, 3.05) is 31.5 Å². The van der Waals surface area contributed by atoms with Crippen LogP contribution in [0.1, 0.15) is 39.4 Å². The zero-order valence-electron chi connectivity index (χ0n) is 28.6. The average Bonchev–Trinajstić information content (AvgIpc) is 3.60. The lowest BCUT2D eigenvalue weighted by Crippen LogP contribution is -2.30. The molecule has 0 fully saturated rings. The van der Waals surface area contributed by atoms with Crippen LogP contribution in [0.2, 0.25) is 0 Å². The summed E-state index contributed by atoms with van der Waals surface area (Å²) in [6.07, 6.45) is 1.53. The third kappa shape index (κ3) is 10.3. The molecule has 266 valence electrons. The van der Waals surface area contributed by atoms with Gasteiger partial charge in [-0.05, 0) is 67.1 Å². The van der Waals surface area contributed by atoms with Gasteiger partial charge >= 0.3 is 5.97 Å². The van der Waals surface area contributed by atoms with E-state index in [-0.39, 0.29) is 24.6 Å². The van der Waals surface area contributed by atoms with Gasteiger partial charge in [0, 0.05) is 27.1 Å². The summed E-state index contributed by atoms with van der Waals surface area (Å²) in [5, 5.41) is 9.88. The maximum absolute atomic E-state index is 13.8.